The highest BCUT2D eigenvalue weighted by Crippen LogP contribution is 2.30. The van der Waals surface area contributed by atoms with E-state index in [1.165, 1.54) is 6.07 Å². The topological polar surface area (TPSA) is 132 Å². The molecule has 9 nitrogen and oxygen atoms in total. The number of amides is 1. The van der Waals surface area contributed by atoms with E-state index in [1.807, 2.05) is 0 Å². The predicted molar refractivity (Wildman–Crippen MR) is 67.8 cm³/mol. The first-order chi connectivity index (χ1) is 9.94. The average molecular weight is 298 g/mol. The fourth-order valence-electron chi connectivity index (χ4n) is 2.11. The van der Waals surface area contributed by atoms with Crippen molar-refractivity contribution in [1.82, 2.24) is 5.32 Å². The summed E-state index contributed by atoms with van der Waals surface area (Å²) in [4.78, 5) is 33.0. The summed E-state index contributed by atoms with van der Waals surface area (Å²) < 4.78 is 9.88. The highest BCUT2D eigenvalue weighted by molar-refractivity contribution is 5.92. The normalized spacial score (nSPS) is 17.1. The van der Waals surface area contributed by atoms with Gasteiger partial charge in [-0.2, -0.15) is 0 Å². The number of ether oxygens (including phenoxy) is 1. The lowest BCUT2D eigenvalue weighted by Crippen LogP contribution is -2.46. The van der Waals surface area contributed by atoms with Crippen LogP contribution in [-0.2, 0) is 9.53 Å². The third kappa shape index (κ3) is 3.19. The molecule has 21 heavy (non-hydrogen) atoms. The summed E-state index contributed by atoms with van der Waals surface area (Å²) in [6, 6.07) is 2.24. The van der Waals surface area contributed by atoms with Crippen LogP contribution in [0.5, 0.6) is 0 Å². The van der Waals surface area contributed by atoms with Gasteiger partial charge in [-0.25, -0.2) is 0 Å². The number of carboxylic acid groups (broad SMARTS) is 1. The zero-order valence-corrected chi connectivity index (χ0v) is 11.0. The fraction of sp³-hybridized carbons (Fsp3) is 0.500. The molecule has 1 amide bonds. The van der Waals surface area contributed by atoms with E-state index in [4.69, 9.17) is 9.15 Å². The van der Waals surface area contributed by atoms with Gasteiger partial charge in [0.2, 0.25) is 0 Å². The van der Waals surface area contributed by atoms with Crippen molar-refractivity contribution in [2.24, 2.45) is 5.41 Å². The third-order valence-corrected chi connectivity index (χ3v) is 3.49. The number of nitrogens with one attached hydrogen (secondary N) is 1. The zero-order chi connectivity index (χ0) is 15.5. The van der Waals surface area contributed by atoms with Gasteiger partial charge in [-0.15, -0.1) is 0 Å². The number of hydrogen-bond donors (Lipinski definition) is 2. The molecule has 1 fully saturated rings. The number of rotatable bonds is 5. The van der Waals surface area contributed by atoms with Gasteiger partial charge in [0.25, 0.3) is 5.91 Å². The van der Waals surface area contributed by atoms with Gasteiger partial charge >= 0.3 is 11.9 Å². The van der Waals surface area contributed by atoms with Crippen molar-refractivity contribution >= 4 is 17.8 Å². The van der Waals surface area contributed by atoms with Crippen molar-refractivity contribution in [2.75, 3.05) is 19.8 Å². The third-order valence-electron chi connectivity index (χ3n) is 3.49. The fourth-order valence-corrected chi connectivity index (χ4v) is 2.11. The number of nitrogens with zero attached hydrogens (tertiary/aromatic N) is 1. The number of carbonyl (C=O) groups is 2. The Hall–Kier alpha value is -2.42. The van der Waals surface area contributed by atoms with Crippen molar-refractivity contribution in [1.29, 1.82) is 0 Å². The minimum absolute atomic E-state index is 0.0843. The molecule has 1 aromatic rings. The van der Waals surface area contributed by atoms with Crippen LogP contribution in [0.4, 0.5) is 5.88 Å². The molecule has 1 aromatic heterocycles. The number of carbonyl (C=O) groups excluding carboxylic acids is 1. The highest BCUT2D eigenvalue weighted by Gasteiger charge is 2.40. The minimum atomic E-state index is -1.08. The van der Waals surface area contributed by atoms with E-state index in [0.29, 0.717) is 26.1 Å². The number of aliphatic carboxylic acids is 1. The summed E-state index contributed by atoms with van der Waals surface area (Å²) in [7, 11) is 0. The summed E-state index contributed by atoms with van der Waals surface area (Å²) >= 11 is 0. The second kappa shape index (κ2) is 5.92. The Morgan fingerprint density at radius 3 is 2.57 bits per heavy atom. The minimum Gasteiger partial charge on any atom is -0.481 e. The van der Waals surface area contributed by atoms with Gasteiger partial charge in [0.1, 0.15) is 4.92 Å². The van der Waals surface area contributed by atoms with Gasteiger partial charge < -0.3 is 19.6 Å². The Labute approximate surface area is 119 Å². The Morgan fingerprint density at radius 1 is 1.38 bits per heavy atom. The molecule has 0 saturated carbocycles. The Kier molecular flexibility index (Phi) is 4.22. The van der Waals surface area contributed by atoms with E-state index in [9.17, 15) is 24.8 Å². The van der Waals surface area contributed by atoms with Crippen LogP contribution in [0.25, 0.3) is 0 Å². The van der Waals surface area contributed by atoms with Gasteiger partial charge in [-0.3, -0.25) is 19.7 Å². The largest absolute Gasteiger partial charge is 0.481 e. The number of hydrogen-bond acceptors (Lipinski definition) is 6. The van der Waals surface area contributed by atoms with Crippen LogP contribution in [0.3, 0.4) is 0 Å². The van der Waals surface area contributed by atoms with Gasteiger partial charge in [-0.05, 0) is 18.9 Å². The van der Waals surface area contributed by atoms with Crippen molar-refractivity contribution in [3.8, 4) is 0 Å². The van der Waals surface area contributed by atoms with E-state index in [1.54, 1.807) is 0 Å². The predicted octanol–water partition coefficient (Wildman–Crippen LogP) is 0.799. The molecule has 0 atom stereocenters. The Morgan fingerprint density at radius 2 is 2.05 bits per heavy atom. The first-order valence-corrected chi connectivity index (χ1v) is 6.28. The second-order valence-electron chi connectivity index (χ2n) is 4.78. The lowest BCUT2D eigenvalue weighted by molar-refractivity contribution is -0.402. The molecular weight excluding hydrogens is 284 g/mol. The van der Waals surface area contributed by atoms with Crippen LogP contribution in [0.2, 0.25) is 0 Å². The number of furan rings is 1. The van der Waals surface area contributed by atoms with E-state index < -0.39 is 28.1 Å². The van der Waals surface area contributed by atoms with Gasteiger partial charge in [0.05, 0.1) is 11.5 Å². The monoisotopic (exact) mass is 298 g/mol. The summed E-state index contributed by atoms with van der Waals surface area (Å²) in [5, 5.41) is 22.3. The lowest BCUT2D eigenvalue weighted by atomic mass is 9.80. The van der Waals surface area contributed by atoms with Crippen molar-refractivity contribution in [3.05, 3.63) is 28.0 Å². The van der Waals surface area contributed by atoms with Crippen LogP contribution in [-0.4, -0.2) is 41.7 Å². The zero-order valence-electron chi connectivity index (χ0n) is 11.0. The molecule has 0 unspecified atom stereocenters. The van der Waals surface area contributed by atoms with Crippen LogP contribution < -0.4 is 5.32 Å². The van der Waals surface area contributed by atoms with E-state index >= 15 is 0 Å². The lowest BCUT2D eigenvalue weighted by Gasteiger charge is -2.32. The Balaban J connectivity index is 2.01. The highest BCUT2D eigenvalue weighted by atomic mass is 16.6. The maximum Gasteiger partial charge on any atom is 0.433 e. The smallest absolute Gasteiger partial charge is 0.433 e. The van der Waals surface area contributed by atoms with Crippen molar-refractivity contribution < 1.29 is 28.8 Å². The molecule has 0 bridgehead atoms. The molecular formula is C12H14N2O7. The molecule has 9 heteroatoms. The van der Waals surface area contributed by atoms with E-state index in [0.717, 1.165) is 6.07 Å². The maximum absolute atomic E-state index is 11.8. The summed E-state index contributed by atoms with van der Waals surface area (Å²) in [5.41, 5.74) is -1.08. The second-order valence-corrected chi connectivity index (χ2v) is 4.78. The molecule has 1 aliphatic heterocycles. The summed E-state index contributed by atoms with van der Waals surface area (Å²) in [6.07, 6.45) is 0.585. The van der Waals surface area contributed by atoms with Crippen LogP contribution in [0.15, 0.2) is 16.5 Å². The molecule has 2 heterocycles. The van der Waals surface area contributed by atoms with Crippen LogP contribution >= 0.6 is 0 Å². The number of carboxylic acids is 1. The maximum atomic E-state index is 11.8. The molecule has 0 aliphatic carbocycles. The molecule has 2 rings (SSSR count). The molecule has 2 N–H and O–H groups in total. The molecule has 1 saturated heterocycles. The SMILES string of the molecule is O=C(NCC1(C(=O)O)CCOCC1)c1ccc([N+](=O)[O-])o1. The molecule has 0 spiro atoms. The average Bonchev–Trinajstić information content (AvgIpc) is 2.95. The van der Waals surface area contributed by atoms with Gasteiger partial charge in [0, 0.05) is 19.8 Å². The summed E-state index contributed by atoms with van der Waals surface area (Å²) in [6.45, 7) is 0.543. The van der Waals surface area contributed by atoms with Crippen LogP contribution in [0.1, 0.15) is 23.4 Å². The standard InChI is InChI=1S/C12H14N2O7/c15-10(8-1-2-9(21-8)14(18)19)13-7-12(11(16)17)3-5-20-6-4-12/h1-2H,3-7H2,(H,13,15)(H,16,17). The molecule has 114 valence electrons. The van der Waals surface area contributed by atoms with E-state index in [-0.39, 0.29) is 12.3 Å². The quantitative estimate of drug-likeness (QED) is 0.606. The Bertz CT molecular complexity index is 560. The molecule has 0 aromatic carbocycles. The van der Waals surface area contributed by atoms with E-state index in [2.05, 4.69) is 5.32 Å². The van der Waals surface area contributed by atoms with Crippen molar-refractivity contribution in [3.63, 3.8) is 0 Å². The summed E-state index contributed by atoms with van der Waals surface area (Å²) in [5.74, 6) is -2.46. The first-order valence-electron chi connectivity index (χ1n) is 6.28. The van der Waals surface area contributed by atoms with Gasteiger partial charge in [0.15, 0.2) is 5.76 Å². The van der Waals surface area contributed by atoms with Gasteiger partial charge in [-0.1, -0.05) is 0 Å². The van der Waals surface area contributed by atoms with Crippen LogP contribution in [0, 0.1) is 15.5 Å². The first kappa shape index (κ1) is 15.0. The molecule has 1 aliphatic rings. The van der Waals surface area contributed by atoms with Crippen molar-refractivity contribution in [2.45, 2.75) is 12.8 Å². The molecule has 0 radical (unpaired) electrons. The number of nitro groups is 1.